The van der Waals surface area contributed by atoms with Crippen LogP contribution < -0.4 is 15.5 Å². The lowest BCUT2D eigenvalue weighted by Crippen LogP contribution is -2.51. The van der Waals surface area contributed by atoms with Crippen molar-refractivity contribution in [2.45, 2.75) is 51.0 Å². The van der Waals surface area contributed by atoms with E-state index in [1.807, 2.05) is 146 Å². The first-order valence-corrected chi connectivity index (χ1v) is 17.7. The van der Waals surface area contributed by atoms with E-state index in [4.69, 9.17) is 14.3 Å². The van der Waals surface area contributed by atoms with E-state index >= 15 is 0 Å². The minimum atomic E-state index is -1.20. The zero-order valence-corrected chi connectivity index (χ0v) is 30.2. The van der Waals surface area contributed by atoms with Crippen LogP contribution in [0.4, 0.5) is 4.79 Å². The van der Waals surface area contributed by atoms with Gasteiger partial charge < -0.3 is 14.8 Å². The van der Waals surface area contributed by atoms with Crippen LogP contribution >= 0.6 is 0 Å². The molecule has 0 saturated carbocycles. The second kappa shape index (κ2) is 16.9. The molecule has 2 N–H and O–H groups in total. The molecule has 7 nitrogen and oxygen atoms in total. The van der Waals surface area contributed by atoms with Crippen LogP contribution in [-0.4, -0.2) is 23.6 Å². The summed E-state index contributed by atoms with van der Waals surface area (Å²) in [7, 11) is 0. The van der Waals surface area contributed by atoms with E-state index in [9.17, 15) is 9.59 Å². The molecule has 0 aliphatic heterocycles. The quantitative estimate of drug-likeness (QED) is 0.0925. The van der Waals surface area contributed by atoms with Gasteiger partial charge in [0.2, 0.25) is 0 Å². The molecule has 1 atom stereocenters. The number of hydrogen-bond donors (Lipinski definition) is 2. The highest BCUT2D eigenvalue weighted by Gasteiger charge is 2.40. The van der Waals surface area contributed by atoms with Crippen molar-refractivity contribution in [1.29, 1.82) is 0 Å². The van der Waals surface area contributed by atoms with Gasteiger partial charge in [-0.05, 0) is 71.8 Å². The Morgan fingerprint density at radius 3 is 1.62 bits per heavy atom. The highest BCUT2D eigenvalue weighted by Crippen LogP contribution is 2.39. The number of benzene rings is 6. The summed E-state index contributed by atoms with van der Waals surface area (Å²) < 4.78 is 11.7. The minimum Gasteiger partial charge on any atom is -0.489 e. The number of ether oxygens (including phenoxy) is 2. The SMILES string of the molecule is CC(C)(C)OC(=O)NC(Cc1ccc(OCc2ccccc2-c2ccccc2)cc1)C(=O)NOC(c1ccccc1)(c1ccccc1)c1ccccc1. The number of alkyl carbamates (subject to hydrolysis) is 1. The molecule has 0 aliphatic carbocycles. The van der Waals surface area contributed by atoms with Crippen molar-refractivity contribution >= 4 is 12.0 Å². The van der Waals surface area contributed by atoms with Crippen LogP contribution in [0.15, 0.2) is 170 Å². The van der Waals surface area contributed by atoms with Gasteiger partial charge in [-0.2, -0.15) is 0 Å². The first-order chi connectivity index (χ1) is 25.7. The molecule has 6 aromatic carbocycles. The number of hydrogen-bond acceptors (Lipinski definition) is 5. The molecule has 268 valence electrons. The Kier molecular flexibility index (Phi) is 11.7. The molecule has 1 unspecified atom stereocenters. The average molecular weight is 705 g/mol. The maximum Gasteiger partial charge on any atom is 0.408 e. The Balaban J connectivity index is 1.23. The highest BCUT2D eigenvalue weighted by molar-refractivity contribution is 5.85. The molecule has 0 aromatic heterocycles. The lowest BCUT2D eigenvalue weighted by atomic mass is 9.80. The van der Waals surface area contributed by atoms with Crippen molar-refractivity contribution in [1.82, 2.24) is 10.8 Å². The van der Waals surface area contributed by atoms with Gasteiger partial charge >= 0.3 is 6.09 Å². The Morgan fingerprint density at radius 1 is 0.604 bits per heavy atom. The molecule has 0 saturated heterocycles. The van der Waals surface area contributed by atoms with Crippen molar-refractivity contribution < 1.29 is 23.9 Å². The van der Waals surface area contributed by atoms with Crippen LogP contribution in [0.25, 0.3) is 11.1 Å². The van der Waals surface area contributed by atoms with Gasteiger partial charge in [0.05, 0.1) is 0 Å². The Labute approximate surface area is 311 Å². The Bertz CT molecular complexity index is 1970. The van der Waals surface area contributed by atoms with E-state index in [-0.39, 0.29) is 6.42 Å². The molecule has 2 amide bonds. The summed E-state index contributed by atoms with van der Waals surface area (Å²) in [5.41, 5.74) is 7.34. The molecule has 0 fully saturated rings. The first kappa shape index (κ1) is 36.6. The monoisotopic (exact) mass is 704 g/mol. The molecule has 7 heteroatoms. The predicted octanol–water partition coefficient (Wildman–Crippen LogP) is 9.41. The summed E-state index contributed by atoms with van der Waals surface area (Å²) in [5.74, 6) is 0.139. The van der Waals surface area contributed by atoms with E-state index in [0.29, 0.717) is 12.4 Å². The summed E-state index contributed by atoms with van der Waals surface area (Å²) in [4.78, 5) is 33.8. The van der Waals surface area contributed by atoms with Crippen molar-refractivity contribution in [2.24, 2.45) is 0 Å². The number of amides is 2. The number of rotatable bonds is 13. The Morgan fingerprint density at radius 2 is 1.09 bits per heavy atom. The summed E-state index contributed by atoms with van der Waals surface area (Å²) in [6.45, 7) is 5.71. The second-order valence-corrected chi connectivity index (χ2v) is 13.7. The smallest absolute Gasteiger partial charge is 0.408 e. The van der Waals surface area contributed by atoms with Crippen LogP contribution in [0.5, 0.6) is 5.75 Å². The lowest BCUT2D eigenvalue weighted by molar-refractivity contribution is -0.145. The van der Waals surface area contributed by atoms with E-state index in [1.165, 1.54) is 0 Å². The highest BCUT2D eigenvalue weighted by atomic mass is 16.7. The standard InChI is InChI=1S/C46H44N2O5/c1-45(2,3)52-44(50)47-42(32-34-28-30-40(31-29-34)51-33-36-20-16-17-27-41(36)35-18-8-4-9-19-35)43(49)48-53-46(37-21-10-5-11-22-37,38-23-12-6-13-24-38)39-25-14-7-15-26-39/h4-31,42H,32-33H2,1-3H3,(H,47,50)(H,48,49). The number of nitrogens with one attached hydrogen (secondary N) is 2. The van der Waals surface area contributed by atoms with Crippen molar-refractivity contribution in [3.63, 3.8) is 0 Å². The molecular weight excluding hydrogens is 661 g/mol. The first-order valence-electron chi connectivity index (χ1n) is 17.7. The van der Waals surface area contributed by atoms with Crippen molar-refractivity contribution in [3.05, 3.63) is 198 Å². The van der Waals surface area contributed by atoms with E-state index in [2.05, 4.69) is 35.1 Å². The topological polar surface area (TPSA) is 85.9 Å². The molecule has 0 bridgehead atoms. The van der Waals surface area contributed by atoms with Gasteiger partial charge in [-0.25, -0.2) is 10.3 Å². The van der Waals surface area contributed by atoms with Gasteiger partial charge in [0.15, 0.2) is 5.60 Å². The van der Waals surface area contributed by atoms with E-state index in [1.54, 1.807) is 20.8 Å². The van der Waals surface area contributed by atoms with Crippen LogP contribution in [0.1, 0.15) is 48.6 Å². The third-order valence-corrected chi connectivity index (χ3v) is 8.71. The second-order valence-electron chi connectivity index (χ2n) is 13.7. The summed E-state index contributed by atoms with van der Waals surface area (Å²) >= 11 is 0. The third kappa shape index (κ3) is 9.39. The average Bonchev–Trinajstić information content (AvgIpc) is 3.18. The fourth-order valence-corrected chi connectivity index (χ4v) is 6.22. The minimum absolute atomic E-state index is 0.167. The van der Waals surface area contributed by atoms with Gasteiger partial charge in [-0.15, -0.1) is 0 Å². The van der Waals surface area contributed by atoms with Gasteiger partial charge in [0, 0.05) is 6.42 Å². The van der Waals surface area contributed by atoms with Gasteiger partial charge in [-0.1, -0.05) is 158 Å². The molecule has 6 rings (SSSR count). The van der Waals surface area contributed by atoms with Gasteiger partial charge in [-0.3, -0.25) is 9.63 Å². The number of carbonyl (C=O) groups excluding carboxylic acids is 2. The molecular formula is C46H44N2O5. The normalized spacial score (nSPS) is 12.0. The molecule has 0 spiro atoms. The van der Waals surface area contributed by atoms with Crippen molar-refractivity contribution in [2.75, 3.05) is 0 Å². The zero-order valence-electron chi connectivity index (χ0n) is 30.2. The van der Waals surface area contributed by atoms with E-state index < -0.39 is 29.2 Å². The van der Waals surface area contributed by atoms with Crippen molar-refractivity contribution in [3.8, 4) is 16.9 Å². The van der Waals surface area contributed by atoms with Crippen LogP contribution in [0.3, 0.4) is 0 Å². The van der Waals surface area contributed by atoms with Gasteiger partial charge in [0.1, 0.15) is 24.0 Å². The number of hydroxylamine groups is 1. The summed E-state index contributed by atoms with van der Waals surface area (Å²) in [6, 6.07) is 54.1. The fraction of sp³-hybridized carbons (Fsp3) is 0.174. The molecule has 0 heterocycles. The molecule has 53 heavy (non-hydrogen) atoms. The largest absolute Gasteiger partial charge is 0.489 e. The van der Waals surface area contributed by atoms with Crippen LogP contribution in [0.2, 0.25) is 0 Å². The zero-order chi connectivity index (χ0) is 37.1. The number of carbonyl (C=O) groups is 2. The maximum absolute atomic E-state index is 14.1. The van der Waals surface area contributed by atoms with Gasteiger partial charge in [0.25, 0.3) is 5.91 Å². The molecule has 0 radical (unpaired) electrons. The summed E-state index contributed by atoms with van der Waals surface area (Å²) in [6.07, 6.45) is -0.546. The predicted molar refractivity (Wildman–Crippen MR) is 208 cm³/mol. The third-order valence-electron chi connectivity index (χ3n) is 8.71. The van der Waals surface area contributed by atoms with Crippen LogP contribution in [0, 0.1) is 0 Å². The van der Waals surface area contributed by atoms with Crippen LogP contribution in [-0.2, 0) is 33.0 Å². The molecule has 0 aliphatic rings. The van der Waals surface area contributed by atoms with E-state index in [0.717, 1.165) is 38.9 Å². The lowest BCUT2D eigenvalue weighted by Gasteiger charge is -2.35. The maximum atomic E-state index is 14.1. The fourth-order valence-electron chi connectivity index (χ4n) is 6.22. The summed E-state index contributed by atoms with van der Waals surface area (Å²) in [5, 5.41) is 2.78. The Hall–Kier alpha value is -6.18. The molecule has 6 aromatic rings.